The minimum atomic E-state index is -0.260. The summed E-state index contributed by atoms with van der Waals surface area (Å²) in [4.78, 5) is 0. The van der Waals surface area contributed by atoms with Gasteiger partial charge in [0.05, 0.1) is 5.54 Å². The third kappa shape index (κ3) is 2.80. The van der Waals surface area contributed by atoms with Gasteiger partial charge in [0.1, 0.15) is 0 Å². The van der Waals surface area contributed by atoms with Gasteiger partial charge in [-0.05, 0) is 23.7 Å². The summed E-state index contributed by atoms with van der Waals surface area (Å²) >= 11 is 0. The summed E-state index contributed by atoms with van der Waals surface area (Å²) in [5.41, 5.74) is 3.63. The molecular formula is C22H23N. The third-order valence-electron chi connectivity index (χ3n) is 4.80. The van der Waals surface area contributed by atoms with Crippen molar-refractivity contribution in [1.82, 2.24) is 5.32 Å². The summed E-state index contributed by atoms with van der Waals surface area (Å²) in [7, 11) is 2.06. The quantitative estimate of drug-likeness (QED) is 0.703. The average Bonchev–Trinajstić information content (AvgIpc) is 2.65. The van der Waals surface area contributed by atoms with Crippen LogP contribution < -0.4 is 5.32 Å². The van der Waals surface area contributed by atoms with Crippen LogP contribution in [0.2, 0.25) is 0 Å². The van der Waals surface area contributed by atoms with Crippen molar-refractivity contribution in [3.8, 4) is 0 Å². The molecule has 1 nitrogen and oxygen atoms in total. The lowest BCUT2D eigenvalue weighted by Crippen LogP contribution is -2.45. The highest BCUT2D eigenvalue weighted by atomic mass is 15.0. The second-order valence-corrected chi connectivity index (χ2v) is 5.92. The van der Waals surface area contributed by atoms with Crippen molar-refractivity contribution < 1.29 is 0 Å². The third-order valence-corrected chi connectivity index (χ3v) is 4.80. The molecule has 0 aliphatic rings. The van der Waals surface area contributed by atoms with Crippen LogP contribution in [-0.2, 0) is 5.54 Å². The highest BCUT2D eigenvalue weighted by molar-refractivity contribution is 5.43. The van der Waals surface area contributed by atoms with E-state index >= 15 is 0 Å². The van der Waals surface area contributed by atoms with Crippen LogP contribution in [-0.4, -0.2) is 7.05 Å². The molecule has 0 aliphatic heterocycles. The van der Waals surface area contributed by atoms with Gasteiger partial charge in [-0.2, -0.15) is 0 Å². The molecule has 23 heavy (non-hydrogen) atoms. The number of hydrogen-bond acceptors (Lipinski definition) is 1. The van der Waals surface area contributed by atoms with E-state index in [9.17, 15) is 0 Å². The Morgan fingerprint density at radius 2 is 1.04 bits per heavy atom. The van der Waals surface area contributed by atoms with Crippen LogP contribution in [0.5, 0.6) is 0 Å². The molecule has 0 radical (unpaired) electrons. The number of hydrogen-bond donors (Lipinski definition) is 1. The number of likely N-dealkylation sites (N-methyl/N-ethyl adjacent to an activating group) is 1. The molecule has 1 heteroatoms. The fourth-order valence-electron chi connectivity index (χ4n) is 3.57. The lowest BCUT2D eigenvalue weighted by molar-refractivity contribution is 0.370. The summed E-state index contributed by atoms with van der Waals surface area (Å²) in [5, 5.41) is 3.65. The molecule has 0 bridgehead atoms. The Hall–Kier alpha value is -2.38. The molecule has 3 aromatic carbocycles. The summed E-state index contributed by atoms with van der Waals surface area (Å²) in [6, 6.07) is 32.2. The molecule has 0 saturated heterocycles. The lowest BCUT2D eigenvalue weighted by atomic mass is 9.71. The highest BCUT2D eigenvalue weighted by Gasteiger charge is 2.38. The molecule has 0 amide bonds. The lowest BCUT2D eigenvalue weighted by Gasteiger charge is -2.40. The van der Waals surface area contributed by atoms with E-state index in [1.54, 1.807) is 0 Å². The Bertz CT molecular complexity index is 680. The fourth-order valence-corrected chi connectivity index (χ4v) is 3.57. The number of rotatable bonds is 5. The Morgan fingerprint density at radius 1 is 0.652 bits per heavy atom. The van der Waals surface area contributed by atoms with E-state index in [2.05, 4.69) is 110 Å². The molecule has 0 fully saturated rings. The van der Waals surface area contributed by atoms with Crippen molar-refractivity contribution in [3.05, 3.63) is 108 Å². The molecule has 1 atom stereocenters. The molecule has 0 saturated carbocycles. The largest absolute Gasteiger partial charge is 0.306 e. The van der Waals surface area contributed by atoms with E-state index < -0.39 is 0 Å². The van der Waals surface area contributed by atoms with Gasteiger partial charge in [0, 0.05) is 5.92 Å². The van der Waals surface area contributed by atoms with E-state index in [1.165, 1.54) is 16.7 Å². The minimum Gasteiger partial charge on any atom is -0.306 e. The van der Waals surface area contributed by atoms with Crippen molar-refractivity contribution >= 4 is 0 Å². The topological polar surface area (TPSA) is 12.0 Å². The van der Waals surface area contributed by atoms with Gasteiger partial charge in [-0.15, -0.1) is 0 Å². The van der Waals surface area contributed by atoms with Crippen LogP contribution in [0.25, 0.3) is 0 Å². The van der Waals surface area contributed by atoms with Crippen LogP contribution in [0.4, 0.5) is 0 Å². The second kappa shape index (κ2) is 6.80. The van der Waals surface area contributed by atoms with Crippen LogP contribution in [0.3, 0.4) is 0 Å². The van der Waals surface area contributed by atoms with E-state index in [0.29, 0.717) is 5.92 Å². The minimum absolute atomic E-state index is 0.260. The summed E-state index contributed by atoms with van der Waals surface area (Å²) in [5.74, 6) is 0.290. The van der Waals surface area contributed by atoms with Gasteiger partial charge in [0.25, 0.3) is 0 Å². The van der Waals surface area contributed by atoms with Gasteiger partial charge in [0.15, 0.2) is 0 Å². The SMILES string of the molecule is CNC(c1ccccc1)(c1ccccc1)C(C)c1ccccc1. The molecule has 3 aromatic rings. The van der Waals surface area contributed by atoms with Gasteiger partial charge in [-0.1, -0.05) is 97.9 Å². The van der Waals surface area contributed by atoms with E-state index in [4.69, 9.17) is 0 Å². The van der Waals surface area contributed by atoms with Crippen LogP contribution in [0.1, 0.15) is 29.5 Å². The first kappa shape index (κ1) is 15.5. The van der Waals surface area contributed by atoms with Crippen LogP contribution in [0.15, 0.2) is 91.0 Å². The Labute approximate surface area is 139 Å². The zero-order chi connectivity index (χ0) is 16.1. The van der Waals surface area contributed by atoms with E-state index in [-0.39, 0.29) is 5.54 Å². The molecular weight excluding hydrogens is 278 g/mol. The van der Waals surface area contributed by atoms with Crippen molar-refractivity contribution in [2.24, 2.45) is 0 Å². The summed E-state index contributed by atoms with van der Waals surface area (Å²) in [6.07, 6.45) is 0. The Balaban J connectivity index is 2.21. The first-order chi connectivity index (χ1) is 11.3. The molecule has 3 rings (SSSR count). The van der Waals surface area contributed by atoms with Crippen molar-refractivity contribution in [1.29, 1.82) is 0 Å². The molecule has 0 heterocycles. The first-order valence-electron chi connectivity index (χ1n) is 8.14. The molecule has 1 N–H and O–H groups in total. The summed E-state index contributed by atoms with van der Waals surface area (Å²) in [6.45, 7) is 2.30. The van der Waals surface area contributed by atoms with Gasteiger partial charge in [-0.3, -0.25) is 0 Å². The van der Waals surface area contributed by atoms with Gasteiger partial charge < -0.3 is 5.32 Å². The van der Waals surface area contributed by atoms with Crippen LogP contribution >= 0.6 is 0 Å². The monoisotopic (exact) mass is 301 g/mol. The van der Waals surface area contributed by atoms with Crippen molar-refractivity contribution in [2.45, 2.75) is 18.4 Å². The second-order valence-electron chi connectivity index (χ2n) is 5.92. The standard InChI is InChI=1S/C22H23N/c1-18(19-12-6-3-7-13-19)22(23-2,20-14-8-4-9-15-20)21-16-10-5-11-17-21/h3-18,23H,1-2H3. The maximum absolute atomic E-state index is 3.65. The van der Waals surface area contributed by atoms with Crippen molar-refractivity contribution in [2.75, 3.05) is 7.05 Å². The summed E-state index contributed by atoms with van der Waals surface area (Å²) < 4.78 is 0. The normalized spacial score (nSPS) is 12.8. The molecule has 0 spiro atoms. The number of nitrogens with one attached hydrogen (secondary N) is 1. The zero-order valence-electron chi connectivity index (χ0n) is 13.7. The average molecular weight is 301 g/mol. The maximum atomic E-state index is 3.65. The van der Waals surface area contributed by atoms with Gasteiger partial charge in [0.2, 0.25) is 0 Å². The molecule has 0 aliphatic carbocycles. The first-order valence-corrected chi connectivity index (χ1v) is 8.14. The zero-order valence-corrected chi connectivity index (χ0v) is 13.7. The van der Waals surface area contributed by atoms with Gasteiger partial charge >= 0.3 is 0 Å². The molecule has 116 valence electrons. The smallest absolute Gasteiger partial charge is 0.0754 e. The van der Waals surface area contributed by atoms with Crippen LogP contribution in [0, 0.1) is 0 Å². The fraction of sp³-hybridized carbons (Fsp3) is 0.182. The van der Waals surface area contributed by atoms with E-state index in [1.807, 2.05) is 0 Å². The van der Waals surface area contributed by atoms with Gasteiger partial charge in [-0.25, -0.2) is 0 Å². The van der Waals surface area contributed by atoms with E-state index in [0.717, 1.165) is 0 Å². The maximum Gasteiger partial charge on any atom is 0.0754 e. The predicted octanol–water partition coefficient (Wildman–Crippen LogP) is 4.95. The van der Waals surface area contributed by atoms with Crippen molar-refractivity contribution in [3.63, 3.8) is 0 Å². The predicted molar refractivity (Wildman–Crippen MR) is 97.6 cm³/mol. The molecule has 1 unspecified atom stereocenters. The Kier molecular flexibility index (Phi) is 4.59. The highest BCUT2D eigenvalue weighted by Crippen LogP contribution is 2.41. The Morgan fingerprint density at radius 3 is 1.43 bits per heavy atom. The molecule has 0 aromatic heterocycles. The number of benzene rings is 3.